The van der Waals surface area contributed by atoms with Crippen molar-refractivity contribution >= 4 is 31.1 Å². The normalized spacial score (nSPS) is 13.1. The van der Waals surface area contributed by atoms with E-state index in [1.165, 1.54) is 17.0 Å². The van der Waals surface area contributed by atoms with Crippen LogP contribution in [0, 0.1) is 0 Å². The van der Waals surface area contributed by atoms with Crippen molar-refractivity contribution in [3.05, 3.63) is 29.0 Å². The van der Waals surface area contributed by atoms with Crippen LogP contribution in [-0.2, 0) is 15.7 Å². The van der Waals surface area contributed by atoms with E-state index in [0.29, 0.717) is 4.47 Å². The maximum atomic E-state index is 11.0. The molecule has 0 aromatic carbocycles. The number of halogens is 1. The molecule has 0 unspecified atom stereocenters. The van der Waals surface area contributed by atoms with E-state index in [9.17, 15) is 9.13 Å². The minimum Gasteiger partial charge on any atom is -0.324 e. The summed E-state index contributed by atoms with van der Waals surface area (Å²) in [6.45, 7) is -0.464. The first-order valence-electron chi connectivity index (χ1n) is 4.36. The Morgan fingerprint density at radius 3 is 2.18 bits per heavy atom. The van der Waals surface area contributed by atoms with Gasteiger partial charge in [-0.3, -0.25) is 9.13 Å². The lowest BCUT2D eigenvalue weighted by Gasteiger charge is -2.16. The fraction of sp³-hybridized carbons (Fsp3) is 0.286. The highest BCUT2D eigenvalue weighted by Gasteiger charge is 2.46. The van der Waals surface area contributed by atoms with Crippen LogP contribution in [0.1, 0.15) is 0 Å². The summed E-state index contributed by atoms with van der Waals surface area (Å²) in [5.41, 5.74) is 0. The molecular weight excluding hydrogens is 336 g/mol. The van der Waals surface area contributed by atoms with Gasteiger partial charge in [0.1, 0.15) is 0 Å². The summed E-state index contributed by atoms with van der Waals surface area (Å²) in [5.74, 6) is 0. The SMILES string of the molecule is O=P(O)(O)C(C[n+]1cccc(Br)c1)P(=O)(O)O. The van der Waals surface area contributed by atoms with Gasteiger partial charge in [-0.05, 0) is 22.0 Å². The van der Waals surface area contributed by atoms with Gasteiger partial charge in [0.2, 0.25) is 5.40 Å². The molecule has 1 aromatic rings. The third kappa shape index (κ3) is 4.60. The molecule has 0 saturated heterocycles. The highest BCUT2D eigenvalue weighted by Crippen LogP contribution is 2.59. The highest BCUT2D eigenvalue weighted by molar-refractivity contribution is 9.10. The molecular formula is C7H11BrNO6P2+. The molecule has 17 heavy (non-hydrogen) atoms. The zero-order valence-corrected chi connectivity index (χ0v) is 11.8. The van der Waals surface area contributed by atoms with Crippen molar-refractivity contribution in [3.8, 4) is 0 Å². The molecule has 0 bridgehead atoms. The predicted molar refractivity (Wildman–Crippen MR) is 62.2 cm³/mol. The van der Waals surface area contributed by atoms with Gasteiger partial charge in [0.25, 0.3) is 0 Å². The fourth-order valence-corrected chi connectivity index (χ4v) is 3.99. The maximum Gasteiger partial charge on any atom is 0.347 e. The molecule has 0 amide bonds. The van der Waals surface area contributed by atoms with Crippen molar-refractivity contribution in [1.29, 1.82) is 0 Å². The molecule has 0 atom stereocenters. The van der Waals surface area contributed by atoms with Crippen LogP contribution in [0.3, 0.4) is 0 Å². The third-order valence-corrected chi connectivity index (χ3v) is 6.13. The van der Waals surface area contributed by atoms with Gasteiger partial charge in [-0.25, -0.2) is 4.57 Å². The van der Waals surface area contributed by atoms with Crippen molar-refractivity contribution < 1.29 is 33.3 Å². The minimum atomic E-state index is -4.88. The largest absolute Gasteiger partial charge is 0.347 e. The van der Waals surface area contributed by atoms with Gasteiger partial charge in [-0.15, -0.1) is 0 Å². The Labute approximate surface area is 106 Å². The van der Waals surface area contributed by atoms with Crippen LogP contribution in [0.25, 0.3) is 0 Å². The van der Waals surface area contributed by atoms with Crippen LogP contribution < -0.4 is 4.57 Å². The third-order valence-electron chi connectivity index (χ3n) is 1.97. The molecule has 0 aliphatic heterocycles. The molecule has 1 aromatic heterocycles. The van der Waals surface area contributed by atoms with E-state index in [2.05, 4.69) is 15.9 Å². The predicted octanol–water partition coefficient (Wildman–Crippen LogP) is 0.418. The standard InChI is InChI=1S/C7H10BrNO6P2/c8-6-2-1-3-9(4-6)5-7(16(10,11)12)17(13,14)15/h1-4,7H,5H2,(H3-,10,11,12,13,14,15)/p+1. The summed E-state index contributed by atoms with van der Waals surface area (Å²) < 4.78 is 24.0. The quantitative estimate of drug-likeness (QED) is 0.463. The van der Waals surface area contributed by atoms with E-state index >= 15 is 0 Å². The second kappa shape index (κ2) is 5.28. The first-order chi connectivity index (χ1) is 7.60. The van der Waals surface area contributed by atoms with Crippen LogP contribution >= 0.6 is 31.1 Å². The lowest BCUT2D eigenvalue weighted by molar-refractivity contribution is -0.695. The van der Waals surface area contributed by atoms with E-state index < -0.39 is 27.1 Å². The maximum absolute atomic E-state index is 11.0. The molecule has 10 heteroatoms. The van der Waals surface area contributed by atoms with Crippen LogP contribution in [0.2, 0.25) is 0 Å². The Balaban J connectivity index is 3.04. The average molecular weight is 347 g/mol. The Morgan fingerprint density at radius 1 is 1.24 bits per heavy atom. The van der Waals surface area contributed by atoms with Crippen molar-refractivity contribution in [3.63, 3.8) is 0 Å². The molecule has 0 aliphatic rings. The smallest absolute Gasteiger partial charge is 0.324 e. The highest BCUT2D eigenvalue weighted by atomic mass is 79.9. The molecule has 0 radical (unpaired) electrons. The van der Waals surface area contributed by atoms with E-state index in [0.717, 1.165) is 0 Å². The number of hydrogen-bond donors (Lipinski definition) is 4. The molecule has 1 heterocycles. The average Bonchev–Trinajstić information content (AvgIpc) is 2.10. The van der Waals surface area contributed by atoms with E-state index in [4.69, 9.17) is 19.6 Å². The summed E-state index contributed by atoms with van der Waals surface area (Å²) >= 11 is 3.14. The van der Waals surface area contributed by atoms with Gasteiger partial charge in [0, 0.05) is 6.07 Å². The number of hydrogen-bond acceptors (Lipinski definition) is 2. The summed E-state index contributed by atoms with van der Waals surface area (Å²) in [7, 11) is -9.75. The van der Waals surface area contributed by atoms with Crippen LogP contribution in [0.15, 0.2) is 29.0 Å². The number of rotatable bonds is 4. The molecule has 0 saturated carbocycles. The van der Waals surface area contributed by atoms with Gasteiger partial charge in [0.15, 0.2) is 18.9 Å². The summed E-state index contributed by atoms with van der Waals surface area (Å²) in [4.78, 5) is 35.7. The summed E-state index contributed by atoms with van der Waals surface area (Å²) in [5, 5.41) is -2.03. The molecule has 0 fully saturated rings. The van der Waals surface area contributed by atoms with Gasteiger partial charge >= 0.3 is 15.2 Å². The lowest BCUT2D eigenvalue weighted by atomic mass is 10.5. The van der Waals surface area contributed by atoms with Gasteiger partial charge in [-0.1, -0.05) is 0 Å². The molecule has 7 nitrogen and oxygen atoms in total. The minimum absolute atomic E-state index is 0.464. The van der Waals surface area contributed by atoms with E-state index in [1.54, 1.807) is 12.1 Å². The van der Waals surface area contributed by atoms with Gasteiger partial charge in [0.05, 0.1) is 4.47 Å². The lowest BCUT2D eigenvalue weighted by Crippen LogP contribution is -2.39. The molecule has 96 valence electrons. The van der Waals surface area contributed by atoms with E-state index in [1.807, 2.05) is 0 Å². The van der Waals surface area contributed by atoms with Gasteiger partial charge < -0.3 is 19.6 Å². The molecule has 1 rings (SSSR count). The monoisotopic (exact) mass is 346 g/mol. The molecule has 0 aliphatic carbocycles. The Bertz CT molecular complexity index is 475. The second-order valence-corrected chi connectivity index (χ2v) is 8.30. The second-order valence-electron chi connectivity index (χ2n) is 3.38. The first kappa shape index (κ1) is 15.0. The van der Waals surface area contributed by atoms with Crippen molar-refractivity contribution in [1.82, 2.24) is 0 Å². The summed E-state index contributed by atoms with van der Waals surface area (Å²) in [6, 6.07) is 3.26. The van der Waals surface area contributed by atoms with E-state index in [-0.39, 0.29) is 0 Å². The van der Waals surface area contributed by atoms with Crippen LogP contribution in [0.5, 0.6) is 0 Å². The Morgan fingerprint density at radius 2 is 1.76 bits per heavy atom. The van der Waals surface area contributed by atoms with Crippen molar-refractivity contribution in [2.45, 2.75) is 11.9 Å². The number of nitrogens with zero attached hydrogens (tertiary/aromatic N) is 1. The van der Waals surface area contributed by atoms with Crippen LogP contribution in [0.4, 0.5) is 0 Å². The summed E-state index contributed by atoms with van der Waals surface area (Å²) in [6.07, 6.45) is 2.93. The zero-order valence-electron chi connectivity index (χ0n) is 8.42. The first-order valence-corrected chi connectivity index (χ1v) is 8.51. The van der Waals surface area contributed by atoms with Crippen LogP contribution in [-0.4, -0.2) is 25.0 Å². The Kier molecular flexibility index (Phi) is 4.66. The van der Waals surface area contributed by atoms with Gasteiger partial charge in [-0.2, -0.15) is 0 Å². The Hall–Kier alpha value is -0.0700. The molecule has 0 spiro atoms. The van der Waals surface area contributed by atoms with Crippen molar-refractivity contribution in [2.75, 3.05) is 0 Å². The topological polar surface area (TPSA) is 119 Å². The zero-order chi connectivity index (χ0) is 13.3. The number of pyridine rings is 1. The fourth-order valence-electron chi connectivity index (χ4n) is 1.20. The molecule has 4 N–H and O–H groups in total. The van der Waals surface area contributed by atoms with Crippen molar-refractivity contribution in [2.24, 2.45) is 0 Å². The number of aromatic nitrogens is 1.